The van der Waals surface area contributed by atoms with Crippen LogP contribution in [0.5, 0.6) is 6.01 Å². The number of aromatic nitrogens is 3. The van der Waals surface area contributed by atoms with Gasteiger partial charge in [0.05, 0.1) is 5.69 Å². The maximum absolute atomic E-state index is 16.5. The van der Waals surface area contributed by atoms with Crippen molar-refractivity contribution < 1.29 is 13.5 Å². The third kappa shape index (κ3) is 4.27. The van der Waals surface area contributed by atoms with E-state index in [9.17, 15) is 4.39 Å². The SMILES string of the molecule is CCCN1CC(F)CC1C(C)Oc1nc(N2CC3CCC(C2)N3)c2cc3c(c(F)c2n1)-c1nc(N)cc(C)c1C3. The van der Waals surface area contributed by atoms with Crippen molar-refractivity contribution in [2.45, 2.75) is 83.3 Å². The molecule has 3 N–H and O–H groups in total. The lowest BCUT2D eigenvalue weighted by Crippen LogP contribution is -2.51. The van der Waals surface area contributed by atoms with E-state index in [0.717, 1.165) is 55.6 Å². The highest BCUT2D eigenvalue weighted by molar-refractivity contribution is 5.96. The number of ether oxygens (including phenoxy) is 1. The second-order valence-electron chi connectivity index (χ2n) is 12.1. The van der Waals surface area contributed by atoms with E-state index in [1.165, 1.54) is 0 Å². The summed E-state index contributed by atoms with van der Waals surface area (Å²) >= 11 is 0. The Balaban J connectivity index is 1.33. The predicted octanol–water partition coefficient (Wildman–Crippen LogP) is 4.16. The van der Waals surface area contributed by atoms with Crippen LogP contribution in [0, 0.1) is 12.7 Å². The molecule has 3 aliphatic heterocycles. The van der Waals surface area contributed by atoms with Crippen molar-refractivity contribution in [2.24, 2.45) is 0 Å². The van der Waals surface area contributed by atoms with Crippen molar-refractivity contribution in [1.29, 1.82) is 0 Å². The van der Waals surface area contributed by atoms with E-state index in [0.29, 0.717) is 59.7 Å². The number of alkyl halides is 1. The van der Waals surface area contributed by atoms with Crippen LogP contribution in [0.4, 0.5) is 20.4 Å². The van der Waals surface area contributed by atoms with E-state index in [1.807, 2.05) is 26.0 Å². The van der Waals surface area contributed by atoms with Crippen molar-refractivity contribution in [3.8, 4) is 17.3 Å². The Hall–Kier alpha value is -3.11. The molecule has 0 amide bonds. The molecule has 8 nitrogen and oxygen atoms in total. The fourth-order valence-corrected chi connectivity index (χ4v) is 7.40. The molecule has 2 aromatic heterocycles. The van der Waals surface area contributed by atoms with Crippen molar-refractivity contribution in [1.82, 2.24) is 25.2 Å². The Bertz CT molecular complexity index is 1470. The quantitative estimate of drug-likeness (QED) is 0.371. The summed E-state index contributed by atoms with van der Waals surface area (Å²) in [5, 5.41) is 4.36. The number of nitrogen functional groups attached to an aromatic ring is 1. The minimum atomic E-state index is -0.879. The van der Waals surface area contributed by atoms with E-state index < -0.39 is 12.0 Å². The van der Waals surface area contributed by atoms with Crippen molar-refractivity contribution in [3.63, 3.8) is 0 Å². The number of pyridine rings is 1. The molecule has 1 aliphatic carbocycles. The highest BCUT2D eigenvalue weighted by Crippen LogP contribution is 2.44. The van der Waals surface area contributed by atoms with E-state index in [-0.39, 0.29) is 23.7 Å². The van der Waals surface area contributed by atoms with Crippen LogP contribution in [0.1, 0.15) is 56.2 Å². The Morgan fingerprint density at radius 3 is 2.67 bits per heavy atom. The average Bonchev–Trinajstić information content (AvgIpc) is 3.58. The van der Waals surface area contributed by atoms with E-state index in [1.54, 1.807) is 0 Å². The fourth-order valence-electron chi connectivity index (χ4n) is 7.40. The molecule has 212 valence electrons. The van der Waals surface area contributed by atoms with Crippen LogP contribution < -0.4 is 20.7 Å². The van der Waals surface area contributed by atoms with Gasteiger partial charge in [-0.2, -0.15) is 9.97 Å². The second-order valence-corrected chi connectivity index (χ2v) is 12.1. The Morgan fingerprint density at radius 2 is 1.93 bits per heavy atom. The minimum Gasteiger partial charge on any atom is -0.459 e. The summed E-state index contributed by atoms with van der Waals surface area (Å²) in [6, 6.07) is 4.68. The van der Waals surface area contributed by atoms with Crippen LogP contribution in [0.25, 0.3) is 22.2 Å². The van der Waals surface area contributed by atoms with Gasteiger partial charge in [-0.3, -0.25) is 4.90 Å². The topological polar surface area (TPSA) is 92.4 Å². The maximum atomic E-state index is 16.5. The molecular weight excluding hydrogens is 512 g/mol. The standard InChI is InChI=1S/C30H37F2N7O/c1-4-7-38-12-18(31)11-23(38)16(3)40-30-36-28-22(29(37-30)39-13-19-5-6-20(14-39)34-19)10-17-9-21-15(2)8-24(33)35-27(21)25(17)26(28)32/h8,10,16,18-20,23,34H,4-7,9,11-14H2,1-3H3,(H2,33,35). The fraction of sp³-hybridized carbons (Fsp3) is 0.567. The first-order valence-electron chi connectivity index (χ1n) is 14.6. The van der Waals surface area contributed by atoms with Crippen molar-refractivity contribution in [3.05, 3.63) is 34.6 Å². The molecule has 10 heteroatoms. The first-order valence-corrected chi connectivity index (χ1v) is 14.6. The van der Waals surface area contributed by atoms with Gasteiger partial charge in [-0.05, 0) is 74.9 Å². The van der Waals surface area contributed by atoms with Crippen molar-refractivity contribution in [2.75, 3.05) is 36.8 Å². The third-order valence-corrected chi connectivity index (χ3v) is 9.20. The first kappa shape index (κ1) is 25.8. The summed E-state index contributed by atoms with van der Waals surface area (Å²) in [5.74, 6) is 0.661. The van der Waals surface area contributed by atoms with Crippen LogP contribution in [-0.4, -0.2) is 76.4 Å². The summed E-state index contributed by atoms with van der Waals surface area (Å²) in [4.78, 5) is 18.5. The molecule has 1 aromatic carbocycles. The molecule has 3 aromatic rings. The zero-order valence-electron chi connectivity index (χ0n) is 23.4. The van der Waals surface area contributed by atoms with Gasteiger partial charge < -0.3 is 20.7 Å². The lowest BCUT2D eigenvalue weighted by Gasteiger charge is -2.34. The Kier molecular flexibility index (Phi) is 6.31. The highest BCUT2D eigenvalue weighted by atomic mass is 19.1. The van der Waals surface area contributed by atoms with Crippen LogP contribution in [0.3, 0.4) is 0 Å². The molecule has 5 unspecified atom stereocenters. The predicted molar refractivity (Wildman–Crippen MR) is 152 cm³/mol. The van der Waals surface area contributed by atoms with Crippen LogP contribution in [-0.2, 0) is 6.42 Å². The lowest BCUT2D eigenvalue weighted by molar-refractivity contribution is 0.0975. The molecule has 40 heavy (non-hydrogen) atoms. The monoisotopic (exact) mass is 549 g/mol. The number of fused-ring (bicyclic) bond motifs is 6. The summed E-state index contributed by atoms with van der Waals surface area (Å²) in [6.45, 7) is 8.83. The van der Waals surface area contributed by atoms with Gasteiger partial charge in [0.2, 0.25) is 0 Å². The average molecular weight is 550 g/mol. The maximum Gasteiger partial charge on any atom is 0.319 e. The van der Waals surface area contributed by atoms with E-state index >= 15 is 4.39 Å². The van der Waals surface area contributed by atoms with Crippen molar-refractivity contribution >= 4 is 22.5 Å². The number of likely N-dealkylation sites (tertiary alicyclic amines) is 1. The zero-order chi connectivity index (χ0) is 27.7. The van der Waals surface area contributed by atoms with Gasteiger partial charge in [0, 0.05) is 55.1 Å². The van der Waals surface area contributed by atoms with Gasteiger partial charge in [0.15, 0.2) is 5.82 Å². The normalized spacial score (nSPS) is 26.4. The number of rotatable bonds is 6. The number of aryl methyl sites for hydroxylation is 1. The van der Waals surface area contributed by atoms with Crippen LogP contribution in [0.2, 0.25) is 0 Å². The molecule has 3 saturated heterocycles. The summed E-state index contributed by atoms with van der Waals surface area (Å²) < 4.78 is 37.3. The number of halogens is 2. The van der Waals surface area contributed by atoms with Gasteiger partial charge in [0.1, 0.15) is 29.4 Å². The van der Waals surface area contributed by atoms with Gasteiger partial charge in [0.25, 0.3) is 0 Å². The molecule has 7 rings (SSSR count). The number of nitrogens with one attached hydrogen (secondary N) is 1. The van der Waals surface area contributed by atoms with Crippen LogP contribution in [0.15, 0.2) is 12.1 Å². The number of hydrogen-bond donors (Lipinski definition) is 2. The number of benzene rings is 1. The Morgan fingerprint density at radius 1 is 1.15 bits per heavy atom. The number of piperazine rings is 1. The van der Waals surface area contributed by atoms with Gasteiger partial charge in [-0.25, -0.2) is 13.8 Å². The smallest absolute Gasteiger partial charge is 0.319 e. The molecule has 2 bridgehead atoms. The largest absolute Gasteiger partial charge is 0.459 e. The molecular formula is C30H37F2N7O. The van der Waals surface area contributed by atoms with Gasteiger partial charge in [-0.15, -0.1) is 0 Å². The molecule has 5 atom stereocenters. The number of hydrogen-bond acceptors (Lipinski definition) is 8. The third-order valence-electron chi connectivity index (χ3n) is 9.20. The number of anilines is 2. The lowest BCUT2D eigenvalue weighted by atomic mass is 10.0. The molecule has 4 aliphatic rings. The highest BCUT2D eigenvalue weighted by Gasteiger charge is 2.38. The molecule has 0 spiro atoms. The van der Waals surface area contributed by atoms with Gasteiger partial charge >= 0.3 is 6.01 Å². The minimum absolute atomic E-state index is 0.0837. The molecule has 0 radical (unpaired) electrons. The second kappa shape index (κ2) is 9.76. The van der Waals surface area contributed by atoms with E-state index in [4.69, 9.17) is 15.5 Å². The molecule has 0 saturated carbocycles. The molecule has 3 fully saturated rings. The number of nitrogens with two attached hydrogens (primary N) is 1. The summed E-state index contributed by atoms with van der Waals surface area (Å²) in [6.07, 6.45) is 2.96. The number of nitrogens with zero attached hydrogens (tertiary/aromatic N) is 5. The van der Waals surface area contributed by atoms with Gasteiger partial charge in [-0.1, -0.05) is 6.92 Å². The van der Waals surface area contributed by atoms with E-state index in [2.05, 4.69) is 32.0 Å². The first-order chi connectivity index (χ1) is 19.3. The van der Waals surface area contributed by atoms with Crippen LogP contribution >= 0.6 is 0 Å². The summed E-state index contributed by atoms with van der Waals surface area (Å²) in [7, 11) is 0. The Labute approximate surface area is 233 Å². The summed E-state index contributed by atoms with van der Waals surface area (Å²) in [5.41, 5.74) is 10.2. The zero-order valence-corrected chi connectivity index (χ0v) is 23.4. The molecule has 5 heterocycles.